The fourth-order valence-electron chi connectivity index (χ4n) is 2.98. The number of hydrogen-bond donors (Lipinski definition) is 1. The summed E-state index contributed by atoms with van der Waals surface area (Å²) in [7, 11) is 0. The summed E-state index contributed by atoms with van der Waals surface area (Å²) in [6.07, 6.45) is 8.46. The first-order valence-electron chi connectivity index (χ1n) is 8.60. The fraction of sp³-hybridized carbons (Fsp3) is 0.684. The van der Waals surface area contributed by atoms with Crippen molar-refractivity contribution >= 4 is 0 Å². The highest BCUT2D eigenvalue weighted by Crippen LogP contribution is 2.26. The highest BCUT2D eigenvalue weighted by atomic mass is 16.5. The highest BCUT2D eigenvalue weighted by molar-refractivity contribution is 5.23. The quantitative estimate of drug-likeness (QED) is 0.761. The Morgan fingerprint density at radius 1 is 1.05 bits per heavy atom. The largest absolute Gasteiger partial charge is 0.369 e. The molecule has 118 valence electrons. The van der Waals surface area contributed by atoms with Gasteiger partial charge in [-0.15, -0.1) is 0 Å². The normalized spacial score (nSPS) is 18.7. The summed E-state index contributed by atoms with van der Waals surface area (Å²) in [6.45, 7) is 7.42. The molecule has 2 heteroatoms. The Balaban J connectivity index is 2.01. The van der Waals surface area contributed by atoms with E-state index in [0.29, 0.717) is 12.1 Å². The molecule has 1 fully saturated rings. The van der Waals surface area contributed by atoms with E-state index < -0.39 is 0 Å². The van der Waals surface area contributed by atoms with Crippen molar-refractivity contribution < 1.29 is 4.74 Å². The van der Waals surface area contributed by atoms with E-state index in [2.05, 4.69) is 50.4 Å². The van der Waals surface area contributed by atoms with Crippen LogP contribution in [-0.4, -0.2) is 18.7 Å². The lowest BCUT2D eigenvalue weighted by atomic mass is 10.1. The molecule has 1 saturated carbocycles. The predicted octanol–water partition coefficient (Wildman–Crippen LogP) is 4.77. The van der Waals surface area contributed by atoms with Crippen LogP contribution in [0.2, 0.25) is 0 Å². The molecule has 0 spiro atoms. The number of benzene rings is 1. The molecule has 1 aromatic rings. The maximum absolute atomic E-state index is 6.49. The third-order valence-electron chi connectivity index (χ3n) is 4.32. The maximum Gasteiger partial charge on any atom is 0.0953 e. The van der Waals surface area contributed by atoms with Gasteiger partial charge in [-0.3, -0.25) is 0 Å². The van der Waals surface area contributed by atoms with E-state index in [-0.39, 0.29) is 6.10 Å². The lowest BCUT2D eigenvalue weighted by molar-refractivity contribution is -0.0209. The minimum absolute atomic E-state index is 0.177. The van der Waals surface area contributed by atoms with E-state index >= 15 is 0 Å². The summed E-state index contributed by atoms with van der Waals surface area (Å²) in [6, 6.07) is 9.32. The Hall–Kier alpha value is -0.860. The molecule has 0 heterocycles. The molecular formula is C19H31NO. The molecule has 0 aliphatic heterocycles. The molecule has 2 nitrogen and oxygen atoms in total. The van der Waals surface area contributed by atoms with Crippen LogP contribution >= 0.6 is 0 Å². The average Bonchev–Trinajstić information content (AvgIpc) is 2.73. The van der Waals surface area contributed by atoms with Crippen molar-refractivity contribution in [3.8, 4) is 0 Å². The van der Waals surface area contributed by atoms with Gasteiger partial charge < -0.3 is 10.1 Å². The summed E-state index contributed by atoms with van der Waals surface area (Å²) < 4.78 is 6.49. The van der Waals surface area contributed by atoms with Crippen LogP contribution in [0.1, 0.15) is 69.6 Å². The molecule has 0 saturated heterocycles. The zero-order valence-corrected chi connectivity index (χ0v) is 13.9. The predicted molar refractivity (Wildman–Crippen MR) is 89.6 cm³/mol. The van der Waals surface area contributed by atoms with E-state index in [1.807, 2.05) is 0 Å². The Morgan fingerprint density at radius 3 is 2.24 bits per heavy atom. The van der Waals surface area contributed by atoms with Crippen molar-refractivity contribution in [2.24, 2.45) is 0 Å². The highest BCUT2D eigenvalue weighted by Gasteiger charge is 2.20. The summed E-state index contributed by atoms with van der Waals surface area (Å²) in [4.78, 5) is 0. The van der Waals surface area contributed by atoms with Crippen LogP contribution < -0.4 is 5.32 Å². The van der Waals surface area contributed by atoms with Crippen LogP contribution in [-0.2, 0) is 4.74 Å². The van der Waals surface area contributed by atoms with Gasteiger partial charge in [0.15, 0.2) is 0 Å². The van der Waals surface area contributed by atoms with Gasteiger partial charge >= 0.3 is 0 Å². The topological polar surface area (TPSA) is 21.3 Å². The zero-order valence-electron chi connectivity index (χ0n) is 13.9. The lowest BCUT2D eigenvalue weighted by Gasteiger charge is -2.26. The second-order valence-corrected chi connectivity index (χ2v) is 6.71. The number of nitrogens with one attached hydrogen (secondary N) is 1. The standard InChI is InChI=1S/C19H31NO/c1-15(2)20-14-19(17-12-10-16(3)11-13-17)21-18-8-6-4-5-7-9-18/h10-13,15,18-20H,4-9,14H2,1-3H3. The molecule has 0 radical (unpaired) electrons. The van der Waals surface area contributed by atoms with Crippen molar-refractivity contribution in [1.82, 2.24) is 5.32 Å². The Morgan fingerprint density at radius 2 is 1.67 bits per heavy atom. The molecule has 1 aromatic carbocycles. The minimum atomic E-state index is 0.177. The maximum atomic E-state index is 6.49. The van der Waals surface area contributed by atoms with Crippen LogP contribution in [0, 0.1) is 6.92 Å². The summed E-state index contributed by atoms with van der Waals surface area (Å²) in [5.41, 5.74) is 2.61. The van der Waals surface area contributed by atoms with Gasteiger partial charge in [-0.1, -0.05) is 69.4 Å². The van der Waals surface area contributed by atoms with E-state index in [1.165, 1.54) is 49.7 Å². The first kappa shape index (κ1) is 16.5. The number of ether oxygens (including phenoxy) is 1. The van der Waals surface area contributed by atoms with Crippen LogP contribution in [0.15, 0.2) is 24.3 Å². The van der Waals surface area contributed by atoms with Gasteiger partial charge in [0, 0.05) is 12.6 Å². The summed E-state index contributed by atoms with van der Waals surface area (Å²) in [5, 5.41) is 3.54. The summed E-state index contributed by atoms with van der Waals surface area (Å²) >= 11 is 0. The average molecular weight is 289 g/mol. The van der Waals surface area contributed by atoms with E-state index in [0.717, 1.165) is 6.54 Å². The Labute approximate surface area is 130 Å². The first-order valence-corrected chi connectivity index (χ1v) is 8.60. The van der Waals surface area contributed by atoms with Crippen LogP contribution in [0.4, 0.5) is 0 Å². The molecule has 0 amide bonds. The summed E-state index contributed by atoms with van der Waals surface area (Å²) in [5.74, 6) is 0. The Kier molecular flexibility index (Phi) is 6.72. The molecule has 1 N–H and O–H groups in total. The number of hydrogen-bond acceptors (Lipinski definition) is 2. The molecule has 1 aliphatic rings. The monoisotopic (exact) mass is 289 g/mol. The third-order valence-corrected chi connectivity index (χ3v) is 4.32. The van der Waals surface area contributed by atoms with Crippen molar-refractivity contribution in [3.05, 3.63) is 35.4 Å². The van der Waals surface area contributed by atoms with Crippen molar-refractivity contribution in [2.75, 3.05) is 6.54 Å². The van der Waals surface area contributed by atoms with Crippen molar-refractivity contribution in [3.63, 3.8) is 0 Å². The van der Waals surface area contributed by atoms with Gasteiger partial charge in [0.25, 0.3) is 0 Å². The minimum Gasteiger partial charge on any atom is -0.369 e. The number of rotatable bonds is 6. The van der Waals surface area contributed by atoms with Crippen LogP contribution in [0.3, 0.4) is 0 Å². The molecule has 2 rings (SSSR count). The second-order valence-electron chi connectivity index (χ2n) is 6.71. The van der Waals surface area contributed by atoms with Gasteiger partial charge in [0.2, 0.25) is 0 Å². The first-order chi connectivity index (χ1) is 10.1. The zero-order chi connectivity index (χ0) is 15.1. The van der Waals surface area contributed by atoms with Crippen molar-refractivity contribution in [1.29, 1.82) is 0 Å². The smallest absolute Gasteiger partial charge is 0.0953 e. The van der Waals surface area contributed by atoms with Crippen LogP contribution in [0.25, 0.3) is 0 Å². The Bertz CT molecular complexity index is 391. The van der Waals surface area contributed by atoms with Gasteiger partial charge in [0.1, 0.15) is 0 Å². The van der Waals surface area contributed by atoms with Crippen molar-refractivity contribution in [2.45, 2.75) is 77.5 Å². The van der Waals surface area contributed by atoms with Gasteiger partial charge in [-0.25, -0.2) is 0 Å². The molecular weight excluding hydrogens is 258 g/mol. The lowest BCUT2D eigenvalue weighted by Crippen LogP contribution is -2.31. The second kappa shape index (κ2) is 8.55. The molecule has 1 atom stereocenters. The molecule has 0 bridgehead atoms. The van der Waals surface area contributed by atoms with E-state index in [1.54, 1.807) is 0 Å². The molecule has 1 unspecified atom stereocenters. The van der Waals surface area contributed by atoms with Gasteiger partial charge in [0.05, 0.1) is 12.2 Å². The fourth-order valence-corrected chi connectivity index (χ4v) is 2.98. The third kappa shape index (κ3) is 5.80. The number of aryl methyl sites for hydroxylation is 1. The molecule has 1 aliphatic carbocycles. The van der Waals surface area contributed by atoms with E-state index in [4.69, 9.17) is 4.74 Å². The van der Waals surface area contributed by atoms with E-state index in [9.17, 15) is 0 Å². The molecule has 21 heavy (non-hydrogen) atoms. The van der Waals surface area contributed by atoms with Gasteiger partial charge in [-0.2, -0.15) is 0 Å². The van der Waals surface area contributed by atoms with Crippen LogP contribution in [0.5, 0.6) is 0 Å². The molecule has 0 aromatic heterocycles. The van der Waals surface area contributed by atoms with Gasteiger partial charge in [-0.05, 0) is 25.3 Å². The SMILES string of the molecule is Cc1ccc(C(CNC(C)C)OC2CCCCCC2)cc1.